The van der Waals surface area contributed by atoms with Gasteiger partial charge in [-0.05, 0) is 43.7 Å². The fourth-order valence-electron chi connectivity index (χ4n) is 3.62. The molecule has 1 aliphatic heterocycles. The Bertz CT molecular complexity index is 995. The maximum Gasteiger partial charge on any atom is 0.240 e. The lowest BCUT2D eigenvalue weighted by atomic mass is 9.95. The third-order valence-corrected chi connectivity index (χ3v) is 6.23. The number of ether oxygens (including phenoxy) is 1. The molecule has 0 radical (unpaired) electrons. The number of Topliss-reactive ketones (excluding diaryl/α,β-unsaturated/α-hetero) is 1. The summed E-state index contributed by atoms with van der Waals surface area (Å²) in [6, 6.07) is 6.58. The van der Waals surface area contributed by atoms with Crippen molar-refractivity contribution in [3.05, 3.63) is 56.7 Å². The van der Waals surface area contributed by atoms with Crippen LogP contribution in [0.2, 0.25) is 0 Å². The minimum atomic E-state index is -0.722. The first-order chi connectivity index (χ1) is 14.7. The topological polar surface area (TPSA) is 87.0 Å². The second-order valence-electron chi connectivity index (χ2n) is 8.00. The summed E-state index contributed by atoms with van der Waals surface area (Å²) in [4.78, 5) is 33.7. The smallest absolute Gasteiger partial charge is 0.240 e. The molecule has 1 aromatic carbocycles. The van der Waals surface area contributed by atoms with E-state index in [1.165, 1.54) is 16.2 Å². The number of thiazole rings is 1. The van der Waals surface area contributed by atoms with Crippen LogP contribution in [-0.4, -0.2) is 55.4 Å². The number of likely N-dealkylation sites (N-methyl/N-ethyl adjacent to an activating group) is 1. The Morgan fingerprint density at radius 1 is 1.26 bits per heavy atom. The number of ketones is 1. The number of carbonyl (C=O) groups excluding carboxylic acids is 2. The predicted molar refractivity (Wildman–Crippen MR) is 117 cm³/mol. The molecular formula is C23H29N3O4S. The summed E-state index contributed by atoms with van der Waals surface area (Å²) in [6.07, 6.45) is 0.897. The molecule has 3 rings (SSSR count). The van der Waals surface area contributed by atoms with Gasteiger partial charge in [0.05, 0.1) is 55.4 Å². The van der Waals surface area contributed by atoms with Crippen LogP contribution in [0, 0.1) is 13.8 Å². The third kappa shape index (κ3) is 4.80. The summed E-state index contributed by atoms with van der Waals surface area (Å²) in [7, 11) is 3.97. The van der Waals surface area contributed by atoms with Gasteiger partial charge >= 0.3 is 0 Å². The molecule has 1 N–H and O–H groups in total. The van der Waals surface area contributed by atoms with Gasteiger partial charge in [0.15, 0.2) is 0 Å². The van der Waals surface area contributed by atoms with Crippen molar-refractivity contribution in [3.63, 3.8) is 0 Å². The molecule has 166 valence electrons. The molecule has 7 nitrogen and oxygen atoms in total. The zero-order valence-corrected chi connectivity index (χ0v) is 19.5. The van der Waals surface area contributed by atoms with E-state index in [0.717, 1.165) is 21.9 Å². The number of benzene rings is 1. The van der Waals surface area contributed by atoms with Crippen molar-refractivity contribution in [2.24, 2.45) is 0 Å². The van der Waals surface area contributed by atoms with Crippen LogP contribution in [0.4, 0.5) is 0 Å². The molecule has 2 heterocycles. The Balaban J connectivity index is 2.02. The van der Waals surface area contributed by atoms with Gasteiger partial charge in [0.1, 0.15) is 5.75 Å². The number of carbonyl (C=O) groups is 2. The van der Waals surface area contributed by atoms with Crippen molar-refractivity contribution >= 4 is 23.0 Å². The van der Waals surface area contributed by atoms with Crippen LogP contribution in [0.1, 0.15) is 45.3 Å². The SMILES string of the molecule is CCCOc1ccc(C2C(C(=O)c3sc(C)nc3C)=C([O-])C(=O)N2CC[NH+](C)C)cc1. The highest BCUT2D eigenvalue weighted by molar-refractivity contribution is 7.14. The minimum absolute atomic E-state index is 0.00716. The normalized spacial score (nSPS) is 16.5. The summed E-state index contributed by atoms with van der Waals surface area (Å²) < 4.78 is 5.65. The summed E-state index contributed by atoms with van der Waals surface area (Å²) >= 11 is 1.25. The average molecular weight is 444 g/mol. The van der Waals surface area contributed by atoms with E-state index < -0.39 is 23.5 Å². The first-order valence-corrected chi connectivity index (χ1v) is 11.3. The van der Waals surface area contributed by atoms with Gasteiger partial charge < -0.3 is 19.6 Å². The lowest BCUT2D eigenvalue weighted by Gasteiger charge is -2.28. The lowest BCUT2D eigenvalue weighted by molar-refractivity contribution is -0.857. The molecule has 1 aromatic heterocycles. The van der Waals surface area contributed by atoms with Crippen molar-refractivity contribution in [2.45, 2.75) is 33.2 Å². The van der Waals surface area contributed by atoms with Gasteiger partial charge in [0.2, 0.25) is 11.7 Å². The number of rotatable bonds is 9. The molecular weight excluding hydrogens is 414 g/mol. The van der Waals surface area contributed by atoms with Gasteiger partial charge in [-0.3, -0.25) is 9.59 Å². The van der Waals surface area contributed by atoms with Crippen molar-refractivity contribution in [1.29, 1.82) is 0 Å². The quantitative estimate of drug-likeness (QED) is 0.586. The Hall–Kier alpha value is -2.71. The summed E-state index contributed by atoms with van der Waals surface area (Å²) in [5.74, 6) is -1.04. The molecule has 31 heavy (non-hydrogen) atoms. The van der Waals surface area contributed by atoms with E-state index in [1.807, 2.05) is 52.2 Å². The van der Waals surface area contributed by atoms with Crippen LogP contribution in [0.25, 0.3) is 0 Å². The molecule has 0 spiro atoms. The van der Waals surface area contributed by atoms with Crippen molar-refractivity contribution in [1.82, 2.24) is 9.88 Å². The van der Waals surface area contributed by atoms with Gasteiger partial charge in [-0.2, -0.15) is 0 Å². The summed E-state index contributed by atoms with van der Waals surface area (Å²) in [6.45, 7) is 7.25. The van der Waals surface area contributed by atoms with E-state index in [0.29, 0.717) is 36.0 Å². The monoisotopic (exact) mass is 443 g/mol. The number of nitrogens with one attached hydrogen (secondary N) is 1. The van der Waals surface area contributed by atoms with Crippen LogP contribution in [0.15, 0.2) is 35.6 Å². The molecule has 0 saturated heterocycles. The lowest BCUT2D eigenvalue weighted by Crippen LogP contribution is -3.06. The molecule has 1 aliphatic rings. The highest BCUT2D eigenvalue weighted by Gasteiger charge is 2.40. The highest BCUT2D eigenvalue weighted by Crippen LogP contribution is 2.39. The van der Waals surface area contributed by atoms with Crippen molar-refractivity contribution in [3.8, 4) is 5.75 Å². The molecule has 1 amide bonds. The minimum Gasteiger partial charge on any atom is -0.868 e. The Morgan fingerprint density at radius 2 is 1.94 bits per heavy atom. The first kappa shape index (κ1) is 23.0. The van der Waals surface area contributed by atoms with Crippen LogP contribution in [0.5, 0.6) is 5.75 Å². The molecule has 0 bridgehead atoms. The maximum atomic E-state index is 13.4. The van der Waals surface area contributed by atoms with Gasteiger partial charge in [0.25, 0.3) is 0 Å². The standard InChI is InChI=1S/C23H29N3O4S/c1-6-13-30-17-9-7-16(8-10-17)19-18(20(27)22-14(2)24-15(3)31-22)21(28)23(29)26(19)12-11-25(4)5/h7-10,19,28H,6,11-13H2,1-5H3. The summed E-state index contributed by atoms with van der Waals surface area (Å²) in [5, 5.41) is 13.7. The molecule has 0 aliphatic carbocycles. The first-order valence-electron chi connectivity index (χ1n) is 10.5. The number of amides is 1. The second kappa shape index (κ2) is 9.62. The number of aromatic nitrogens is 1. The third-order valence-electron chi connectivity index (χ3n) is 5.16. The number of aryl methyl sites for hydroxylation is 2. The van der Waals surface area contributed by atoms with Gasteiger partial charge in [-0.25, -0.2) is 4.98 Å². The fourth-order valence-corrected chi connectivity index (χ4v) is 4.50. The van der Waals surface area contributed by atoms with Crippen LogP contribution in [-0.2, 0) is 4.79 Å². The molecule has 0 saturated carbocycles. The Morgan fingerprint density at radius 3 is 2.48 bits per heavy atom. The van der Waals surface area contributed by atoms with E-state index in [2.05, 4.69) is 4.98 Å². The number of nitrogens with zero attached hydrogens (tertiary/aromatic N) is 2. The zero-order chi connectivity index (χ0) is 22.7. The van der Waals surface area contributed by atoms with Gasteiger partial charge in [-0.15, -0.1) is 11.3 Å². The Kier molecular flexibility index (Phi) is 7.12. The van der Waals surface area contributed by atoms with Crippen molar-refractivity contribution < 1.29 is 24.3 Å². The van der Waals surface area contributed by atoms with E-state index in [4.69, 9.17) is 4.74 Å². The number of hydrogen-bond acceptors (Lipinski definition) is 6. The Labute approximate surface area is 187 Å². The molecule has 8 heteroatoms. The van der Waals surface area contributed by atoms with E-state index >= 15 is 0 Å². The number of quaternary nitrogens is 1. The fraction of sp³-hybridized carbons (Fsp3) is 0.435. The van der Waals surface area contributed by atoms with Crippen LogP contribution in [0.3, 0.4) is 0 Å². The van der Waals surface area contributed by atoms with E-state index in [1.54, 1.807) is 6.92 Å². The van der Waals surface area contributed by atoms with Gasteiger partial charge in [-0.1, -0.05) is 19.1 Å². The number of hydrogen-bond donors (Lipinski definition) is 1. The van der Waals surface area contributed by atoms with E-state index in [9.17, 15) is 14.7 Å². The molecule has 1 unspecified atom stereocenters. The molecule has 1 atom stereocenters. The average Bonchev–Trinajstić information content (AvgIpc) is 3.20. The maximum absolute atomic E-state index is 13.4. The van der Waals surface area contributed by atoms with Gasteiger partial charge in [0, 0.05) is 5.57 Å². The molecule has 2 aromatic rings. The van der Waals surface area contributed by atoms with Crippen LogP contribution >= 0.6 is 11.3 Å². The zero-order valence-electron chi connectivity index (χ0n) is 18.7. The highest BCUT2D eigenvalue weighted by atomic mass is 32.1. The summed E-state index contributed by atoms with van der Waals surface area (Å²) in [5.41, 5.74) is 1.31. The predicted octanol–water partition coefficient (Wildman–Crippen LogP) is 1.07. The van der Waals surface area contributed by atoms with E-state index in [-0.39, 0.29) is 5.57 Å². The van der Waals surface area contributed by atoms with Crippen molar-refractivity contribution in [2.75, 3.05) is 33.8 Å². The molecule has 0 fully saturated rings. The van der Waals surface area contributed by atoms with Crippen LogP contribution < -0.4 is 14.7 Å². The second-order valence-corrected chi connectivity index (χ2v) is 9.20. The largest absolute Gasteiger partial charge is 0.868 e.